The Bertz CT molecular complexity index is 430. The highest BCUT2D eigenvalue weighted by Gasteiger charge is 2.08. The third-order valence-corrected chi connectivity index (χ3v) is 3.48. The van der Waals surface area contributed by atoms with Gasteiger partial charge in [-0.3, -0.25) is 0 Å². The molecule has 0 heterocycles. The standard InChI is InChI=1S/C18H21/c1-2-17(18-13-7-4-8-14-18)15-9-12-16-10-5-3-6-11-16/h3-8,10-11,13-14,17H,1-2,9,12,15H2. The largest absolute Gasteiger partial charge is 0.0622 e. The quantitative estimate of drug-likeness (QED) is 0.662. The van der Waals surface area contributed by atoms with E-state index in [1.165, 1.54) is 30.4 Å². The molecular formula is C18H21. The monoisotopic (exact) mass is 237 g/mol. The molecule has 2 aromatic carbocycles. The summed E-state index contributed by atoms with van der Waals surface area (Å²) in [6.45, 7) is 4.09. The Hall–Kier alpha value is -1.56. The molecule has 1 unspecified atom stereocenters. The van der Waals surface area contributed by atoms with Crippen LogP contribution in [0.2, 0.25) is 0 Å². The molecule has 2 rings (SSSR count). The lowest BCUT2D eigenvalue weighted by Crippen LogP contribution is -1.98. The lowest BCUT2D eigenvalue weighted by atomic mass is 9.90. The molecule has 0 bridgehead atoms. The van der Waals surface area contributed by atoms with E-state index in [1.54, 1.807) is 0 Å². The van der Waals surface area contributed by atoms with Crippen LogP contribution in [0.4, 0.5) is 0 Å². The molecule has 0 aliphatic heterocycles. The smallest absolute Gasteiger partial charge is 0.0162 e. The van der Waals surface area contributed by atoms with Crippen molar-refractivity contribution in [2.24, 2.45) is 0 Å². The van der Waals surface area contributed by atoms with E-state index in [4.69, 9.17) is 0 Å². The second-order valence-electron chi connectivity index (χ2n) is 4.77. The zero-order chi connectivity index (χ0) is 12.6. The molecule has 0 heteroatoms. The van der Waals surface area contributed by atoms with E-state index in [0.29, 0.717) is 5.92 Å². The van der Waals surface area contributed by atoms with Gasteiger partial charge in [0.15, 0.2) is 0 Å². The molecule has 0 aliphatic rings. The average molecular weight is 237 g/mol. The van der Waals surface area contributed by atoms with Crippen molar-refractivity contribution in [1.82, 2.24) is 0 Å². The zero-order valence-electron chi connectivity index (χ0n) is 10.9. The Kier molecular flexibility index (Phi) is 5.01. The number of hydrogen-bond acceptors (Lipinski definition) is 0. The molecule has 0 saturated heterocycles. The van der Waals surface area contributed by atoms with E-state index >= 15 is 0 Å². The van der Waals surface area contributed by atoms with Gasteiger partial charge in [0.25, 0.3) is 0 Å². The van der Waals surface area contributed by atoms with Crippen LogP contribution >= 0.6 is 0 Å². The fraction of sp³-hybridized carbons (Fsp3) is 0.278. The molecule has 18 heavy (non-hydrogen) atoms. The molecule has 1 atom stereocenters. The zero-order valence-corrected chi connectivity index (χ0v) is 10.9. The van der Waals surface area contributed by atoms with Crippen LogP contribution in [0, 0.1) is 6.92 Å². The number of aryl methyl sites for hydroxylation is 1. The van der Waals surface area contributed by atoms with E-state index in [2.05, 4.69) is 67.6 Å². The van der Waals surface area contributed by atoms with E-state index in [9.17, 15) is 0 Å². The molecule has 0 aliphatic carbocycles. The molecule has 2 aromatic rings. The van der Waals surface area contributed by atoms with Crippen LogP contribution in [0.3, 0.4) is 0 Å². The van der Waals surface area contributed by atoms with Gasteiger partial charge in [0.2, 0.25) is 0 Å². The van der Waals surface area contributed by atoms with Gasteiger partial charge in [-0.1, -0.05) is 67.6 Å². The number of benzene rings is 2. The van der Waals surface area contributed by atoms with Crippen molar-refractivity contribution >= 4 is 0 Å². The minimum atomic E-state index is 0.606. The maximum atomic E-state index is 4.09. The summed E-state index contributed by atoms with van der Waals surface area (Å²) < 4.78 is 0. The van der Waals surface area contributed by atoms with Crippen LogP contribution in [0.5, 0.6) is 0 Å². The average Bonchev–Trinajstić information content (AvgIpc) is 2.46. The van der Waals surface area contributed by atoms with Gasteiger partial charge in [0, 0.05) is 0 Å². The van der Waals surface area contributed by atoms with Crippen LogP contribution in [0.1, 0.15) is 36.3 Å². The minimum absolute atomic E-state index is 0.606. The highest BCUT2D eigenvalue weighted by Crippen LogP contribution is 2.25. The van der Waals surface area contributed by atoms with E-state index in [0.717, 1.165) is 6.42 Å². The second-order valence-corrected chi connectivity index (χ2v) is 4.77. The second kappa shape index (κ2) is 7.00. The Morgan fingerprint density at radius 3 is 2.06 bits per heavy atom. The Morgan fingerprint density at radius 1 is 0.833 bits per heavy atom. The summed E-state index contributed by atoms with van der Waals surface area (Å²) in [7, 11) is 0. The van der Waals surface area contributed by atoms with Gasteiger partial charge in [-0.05, 0) is 42.7 Å². The summed E-state index contributed by atoms with van der Waals surface area (Å²) in [5.74, 6) is 0.606. The molecule has 0 N–H and O–H groups in total. The van der Waals surface area contributed by atoms with Gasteiger partial charge < -0.3 is 0 Å². The van der Waals surface area contributed by atoms with Gasteiger partial charge >= 0.3 is 0 Å². The van der Waals surface area contributed by atoms with E-state index < -0.39 is 0 Å². The first kappa shape index (κ1) is 12.9. The van der Waals surface area contributed by atoms with Crippen LogP contribution in [-0.2, 0) is 6.42 Å². The van der Waals surface area contributed by atoms with E-state index in [-0.39, 0.29) is 0 Å². The van der Waals surface area contributed by atoms with Crippen LogP contribution in [0.25, 0.3) is 0 Å². The Labute approximate surface area is 111 Å². The fourth-order valence-electron chi connectivity index (χ4n) is 2.40. The fourth-order valence-corrected chi connectivity index (χ4v) is 2.40. The topological polar surface area (TPSA) is 0 Å². The molecule has 0 fully saturated rings. The highest BCUT2D eigenvalue weighted by atomic mass is 14.1. The van der Waals surface area contributed by atoms with Crippen molar-refractivity contribution in [1.29, 1.82) is 0 Å². The first-order chi connectivity index (χ1) is 8.90. The first-order valence-corrected chi connectivity index (χ1v) is 6.78. The lowest BCUT2D eigenvalue weighted by Gasteiger charge is -2.15. The Morgan fingerprint density at radius 2 is 1.44 bits per heavy atom. The van der Waals surface area contributed by atoms with Gasteiger partial charge in [0.1, 0.15) is 0 Å². The van der Waals surface area contributed by atoms with Gasteiger partial charge in [-0.15, -0.1) is 0 Å². The molecule has 0 saturated carbocycles. The maximum Gasteiger partial charge on any atom is -0.0162 e. The summed E-state index contributed by atoms with van der Waals surface area (Å²) in [5.41, 5.74) is 2.87. The van der Waals surface area contributed by atoms with Crippen molar-refractivity contribution in [2.45, 2.75) is 31.6 Å². The molecule has 0 nitrogen and oxygen atoms in total. The Balaban J connectivity index is 1.85. The molecule has 0 amide bonds. The van der Waals surface area contributed by atoms with Crippen molar-refractivity contribution < 1.29 is 0 Å². The van der Waals surface area contributed by atoms with Crippen molar-refractivity contribution in [2.75, 3.05) is 0 Å². The summed E-state index contributed by atoms with van der Waals surface area (Å²) in [6.07, 6.45) is 4.62. The molecule has 0 spiro atoms. The summed E-state index contributed by atoms with van der Waals surface area (Å²) in [6, 6.07) is 21.5. The molecule has 0 aromatic heterocycles. The van der Waals surface area contributed by atoms with Gasteiger partial charge in [-0.2, -0.15) is 0 Å². The van der Waals surface area contributed by atoms with Crippen molar-refractivity contribution in [3.05, 3.63) is 78.7 Å². The summed E-state index contributed by atoms with van der Waals surface area (Å²) in [4.78, 5) is 0. The van der Waals surface area contributed by atoms with Crippen molar-refractivity contribution in [3.8, 4) is 0 Å². The third-order valence-electron chi connectivity index (χ3n) is 3.48. The summed E-state index contributed by atoms with van der Waals surface area (Å²) in [5, 5.41) is 0. The maximum absolute atomic E-state index is 4.09. The van der Waals surface area contributed by atoms with Crippen molar-refractivity contribution in [3.63, 3.8) is 0 Å². The van der Waals surface area contributed by atoms with Crippen LogP contribution in [-0.4, -0.2) is 0 Å². The van der Waals surface area contributed by atoms with E-state index in [1.807, 2.05) is 0 Å². The minimum Gasteiger partial charge on any atom is -0.0622 e. The lowest BCUT2D eigenvalue weighted by molar-refractivity contribution is 0.595. The number of rotatable bonds is 6. The predicted molar refractivity (Wildman–Crippen MR) is 78.5 cm³/mol. The van der Waals surface area contributed by atoms with Gasteiger partial charge in [-0.25, -0.2) is 0 Å². The summed E-state index contributed by atoms with van der Waals surface area (Å²) >= 11 is 0. The number of hydrogen-bond donors (Lipinski definition) is 0. The third kappa shape index (κ3) is 3.73. The van der Waals surface area contributed by atoms with Gasteiger partial charge in [0.05, 0.1) is 0 Å². The highest BCUT2D eigenvalue weighted by molar-refractivity contribution is 5.20. The first-order valence-electron chi connectivity index (χ1n) is 6.78. The molecular weight excluding hydrogens is 216 g/mol. The predicted octanol–water partition coefficient (Wildman–Crippen LogP) is 5.02. The SMILES string of the molecule is [CH2]CC(CCCc1ccccc1)c1ccccc1. The normalized spacial score (nSPS) is 12.3. The van der Waals surface area contributed by atoms with Crippen LogP contribution in [0.15, 0.2) is 60.7 Å². The van der Waals surface area contributed by atoms with Crippen LogP contribution < -0.4 is 0 Å². The molecule has 1 radical (unpaired) electrons. The molecule has 93 valence electrons.